The van der Waals surface area contributed by atoms with Gasteiger partial charge in [0.05, 0.1) is 0 Å². The maximum absolute atomic E-state index is 6.19. The molecule has 27 heavy (non-hydrogen) atoms. The maximum Gasteiger partial charge on any atom is 0.00725 e. The van der Waals surface area contributed by atoms with Crippen molar-refractivity contribution >= 4 is 0 Å². The highest BCUT2D eigenvalue weighted by atomic mass is 15.0. The van der Waals surface area contributed by atoms with E-state index in [9.17, 15) is 0 Å². The minimum Gasteiger partial charge on any atom is -0.328 e. The molecular formula is C25H46N2. The zero-order chi connectivity index (χ0) is 18.8. The van der Waals surface area contributed by atoms with Crippen LogP contribution in [0.2, 0.25) is 0 Å². The largest absolute Gasteiger partial charge is 0.328 e. The van der Waals surface area contributed by atoms with E-state index < -0.39 is 0 Å². The van der Waals surface area contributed by atoms with Crippen molar-refractivity contribution in [1.82, 2.24) is 5.32 Å². The molecule has 4 rings (SSSR count). The Morgan fingerprint density at radius 1 is 0.667 bits per heavy atom. The van der Waals surface area contributed by atoms with Crippen LogP contribution in [0, 0.1) is 35.5 Å². The first-order chi connectivity index (χ1) is 13.1. The molecule has 0 amide bonds. The molecule has 4 aliphatic rings. The smallest absolute Gasteiger partial charge is 0.00725 e. The monoisotopic (exact) mass is 374 g/mol. The summed E-state index contributed by atoms with van der Waals surface area (Å²) in [6.07, 6.45) is 20.2. The minimum absolute atomic E-state index is 0.480. The van der Waals surface area contributed by atoms with Gasteiger partial charge in [-0.2, -0.15) is 0 Å². The molecule has 9 unspecified atom stereocenters. The highest BCUT2D eigenvalue weighted by Crippen LogP contribution is 2.42. The van der Waals surface area contributed by atoms with Gasteiger partial charge in [-0.1, -0.05) is 39.5 Å². The van der Waals surface area contributed by atoms with Gasteiger partial charge in [-0.15, -0.1) is 0 Å². The van der Waals surface area contributed by atoms with Crippen LogP contribution in [-0.4, -0.2) is 18.1 Å². The number of rotatable bonds is 4. The second-order valence-electron chi connectivity index (χ2n) is 11.3. The third-order valence-electron chi connectivity index (χ3n) is 9.35. The highest BCUT2D eigenvalue weighted by molar-refractivity contribution is 4.91. The maximum atomic E-state index is 6.19. The van der Waals surface area contributed by atoms with E-state index in [-0.39, 0.29) is 0 Å². The van der Waals surface area contributed by atoms with Gasteiger partial charge >= 0.3 is 0 Å². The summed E-state index contributed by atoms with van der Waals surface area (Å²) in [6, 6.07) is 2.12. The van der Waals surface area contributed by atoms with Crippen molar-refractivity contribution in [2.45, 2.75) is 122 Å². The lowest BCUT2D eigenvalue weighted by atomic mass is 9.67. The number of hydrogen-bond donors (Lipinski definition) is 2. The first-order valence-corrected chi connectivity index (χ1v) is 12.6. The van der Waals surface area contributed by atoms with E-state index in [1.165, 1.54) is 89.9 Å². The van der Waals surface area contributed by atoms with E-state index in [1.807, 2.05) is 0 Å². The van der Waals surface area contributed by atoms with Gasteiger partial charge < -0.3 is 11.1 Å². The van der Waals surface area contributed by atoms with Crippen LogP contribution in [0.15, 0.2) is 0 Å². The van der Waals surface area contributed by atoms with Crippen molar-refractivity contribution in [2.75, 3.05) is 0 Å². The molecule has 0 saturated heterocycles. The molecule has 4 saturated carbocycles. The Morgan fingerprint density at radius 2 is 1.30 bits per heavy atom. The fourth-order valence-corrected chi connectivity index (χ4v) is 7.56. The number of nitrogens with one attached hydrogen (secondary N) is 1. The predicted octanol–water partition coefficient (Wildman–Crippen LogP) is 5.89. The lowest BCUT2D eigenvalue weighted by Gasteiger charge is -2.43. The molecule has 0 spiro atoms. The van der Waals surface area contributed by atoms with Gasteiger partial charge in [0.2, 0.25) is 0 Å². The molecule has 0 aromatic carbocycles. The number of hydrogen-bond acceptors (Lipinski definition) is 2. The van der Waals surface area contributed by atoms with E-state index >= 15 is 0 Å². The first-order valence-electron chi connectivity index (χ1n) is 12.6. The van der Waals surface area contributed by atoms with Crippen LogP contribution in [0.3, 0.4) is 0 Å². The molecule has 0 aromatic rings. The number of fused-ring (bicyclic) bond motifs is 1. The molecule has 0 heterocycles. The van der Waals surface area contributed by atoms with Gasteiger partial charge in [-0.25, -0.2) is 0 Å². The molecule has 0 aromatic heterocycles. The Kier molecular flexibility index (Phi) is 6.85. The standard InChI is InChI=1S/C25H46N2/c1-17-13-23(26)10-7-20(17)15-21-9-12-24(14-18(21)2)27-25-11-8-19-5-3-4-6-22(19)16-25/h17-25,27H,3-16,26H2,1-2H3. The zero-order valence-corrected chi connectivity index (χ0v) is 18.2. The van der Waals surface area contributed by atoms with Crippen molar-refractivity contribution < 1.29 is 0 Å². The predicted molar refractivity (Wildman–Crippen MR) is 116 cm³/mol. The van der Waals surface area contributed by atoms with Gasteiger partial charge in [0.15, 0.2) is 0 Å². The first kappa shape index (κ1) is 20.2. The summed E-state index contributed by atoms with van der Waals surface area (Å²) in [7, 11) is 0. The van der Waals surface area contributed by atoms with Crippen LogP contribution in [0.4, 0.5) is 0 Å². The lowest BCUT2D eigenvalue weighted by molar-refractivity contribution is 0.109. The summed E-state index contributed by atoms with van der Waals surface area (Å²) in [4.78, 5) is 0. The summed E-state index contributed by atoms with van der Waals surface area (Å²) in [6.45, 7) is 5.01. The Labute approximate surface area is 168 Å². The molecule has 4 fully saturated rings. The van der Waals surface area contributed by atoms with Crippen LogP contribution in [0.5, 0.6) is 0 Å². The van der Waals surface area contributed by atoms with E-state index in [2.05, 4.69) is 19.2 Å². The van der Waals surface area contributed by atoms with Crippen LogP contribution in [0.1, 0.15) is 104 Å². The quantitative estimate of drug-likeness (QED) is 0.643. The Morgan fingerprint density at radius 3 is 2.04 bits per heavy atom. The van der Waals surface area contributed by atoms with Crippen LogP contribution in [-0.2, 0) is 0 Å². The molecule has 3 N–H and O–H groups in total. The third-order valence-corrected chi connectivity index (χ3v) is 9.35. The molecular weight excluding hydrogens is 328 g/mol. The van der Waals surface area contributed by atoms with E-state index in [0.717, 1.165) is 47.6 Å². The topological polar surface area (TPSA) is 38.0 Å². The molecule has 9 atom stereocenters. The average Bonchev–Trinajstić information content (AvgIpc) is 2.66. The highest BCUT2D eigenvalue weighted by Gasteiger charge is 2.36. The Hall–Kier alpha value is -0.0800. The minimum atomic E-state index is 0.480. The van der Waals surface area contributed by atoms with Crippen LogP contribution < -0.4 is 11.1 Å². The molecule has 2 nitrogen and oxygen atoms in total. The second kappa shape index (κ2) is 9.16. The fraction of sp³-hybridized carbons (Fsp3) is 1.00. The molecule has 4 aliphatic carbocycles. The normalized spacial score (nSPS) is 48.8. The van der Waals surface area contributed by atoms with Gasteiger partial charge in [-0.05, 0) is 99.7 Å². The van der Waals surface area contributed by atoms with Gasteiger partial charge in [0.25, 0.3) is 0 Å². The summed E-state index contributed by atoms with van der Waals surface area (Å²) >= 11 is 0. The Balaban J connectivity index is 1.22. The van der Waals surface area contributed by atoms with E-state index in [0.29, 0.717) is 6.04 Å². The molecule has 2 heteroatoms. The fourth-order valence-electron chi connectivity index (χ4n) is 7.56. The number of nitrogens with two attached hydrogens (primary N) is 1. The van der Waals surface area contributed by atoms with Crippen LogP contribution >= 0.6 is 0 Å². The summed E-state index contributed by atoms with van der Waals surface area (Å²) < 4.78 is 0. The van der Waals surface area contributed by atoms with E-state index in [4.69, 9.17) is 5.73 Å². The van der Waals surface area contributed by atoms with Crippen molar-refractivity contribution in [2.24, 2.45) is 41.2 Å². The zero-order valence-electron chi connectivity index (χ0n) is 18.2. The summed E-state index contributed by atoms with van der Waals surface area (Å²) in [5, 5.41) is 4.14. The van der Waals surface area contributed by atoms with Crippen molar-refractivity contribution in [1.29, 1.82) is 0 Å². The van der Waals surface area contributed by atoms with Crippen molar-refractivity contribution in [3.05, 3.63) is 0 Å². The van der Waals surface area contributed by atoms with Gasteiger partial charge in [-0.3, -0.25) is 0 Å². The second-order valence-corrected chi connectivity index (χ2v) is 11.3. The Bertz CT molecular complexity index is 463. The molecule has 0 radical (unpaired) electrons. The van der Waals surface area contributed by atoms with Crippen molar-refractivity contribution in [3.8, 4) is 0 Å². The average molecular weight is 375 g/mol. The van der Waals surface area contributed by atoms with Gasteiger partial charge in [0, 0.05) is 18.1 Å². The summed E-state index contributed by atoms with van der Waals surface area (Å²) in [5.74, 6) is 5.81. The third kappa shape index (κ3) is 5.10. The van der Waals surface area contributed by atoms with Gasteiger partial charge in [0.1, 0.15) is 0 Å². The molecule has 0 aliphatic heterocycles. The summed E-state index contributed by atoms with van der Waals surface area (Å²) in [5.41, 5.74) is 6.19. The molecule has 156 valence electrons. The molecule has 0 bridgehead atoms. The van der Waals surface area contributed by atoms with Crippen molar-refractivity contribution in [3.63, 3.8) is 0 Å². The lowest BCUT2D eigenvalue weighted by Crippen LogP contribution is -2.46. The van der Waals surface area contributed by atoms with Crippen LogP contribution in [0.25, 0.3) is 0 Å². The van der Waals surface area contributed by atoms with E-state index in [1.54, 1.807) is 0 Å². The SMILES string of the molecule is CC1CC(N)CCC1CC1CCC(NC2CCC3CCCCC3C2)CC1C.